The zero-order valence-corrected chi connectivity index (χ0v) is 12.2. The number of halogens is 2. The van der Waals surface area contributed by atoms with E-state index in [1.807, 2.05) is 37.3 Å². The zero-order valence-electron chi connectivity index (χ0n) is 11.4. The van der Waals surface area contributed by atoms with E-state index in [1.165, 1.54) is 0 Å². The summed E-state index contributed by atoms with van der Waals surface area (Å²) < 4.78 is 52.4. The Morgan fingerprint density at radius 1 is 1.05 bits per heavy atom. The van der Waals surface area contributed by atoms with Gasteiger partial charge in [0.1, 0.15) is 0 Å². The lowest BCUT2D eigenvalue weighted by molar-refractivity contribution is 0.504. The summed E-state index contributed by atoms with van der Waals surface area (Å²) in [6.07, 6.45) is 0. The summed E-state index contributed by atoms with van der Waals surface area (Å²) >= 11 is 0. The molecule has 0 amide bonds. The second-order valence-corrected chi connectivity index (χ2v) is 6.51. The van der Waals surface area contributed by atoms with Gasteiger partial charge in [-0.2, -0.15) is 0 Å². The number of hydrogen-bond donors (Lipinski definition) is 1. The fourth-order valence-corrected chi connectivity index (χ4v) is 3.00. The zero-order chi connectivity index (χ0) is 15.5. The van der Waals surface area contributed by atoms with Crippen LogP contribution in [0, 0.1) is 11.6 Å². The molecule has 0 unspecified atom stereocenters. The molecule has 0 bridgehead atoms. The van der Waals surface area contributed by atoms with Gasteiger partial charge in [-0.25, -0.2) is 21.9 Å². The van der Waals surface area contributed by atoms with Crippen molar-refractivity contribution < 1.29 is 17.2 Å². The predicted molar refractivity (Wildman–Crippen MR) is 76.4 cm³/mol. The number of sulfonamides is 1. The lowest BCUT2D eigenvalue weighted by Gasteiger charge is -2.13. The SMILES string of the molecule is C[C@H](CNS(=O)(=O)c1ccc(F)c(F)c1)c1ccccc1. The Kier molecular flexibility index (Phi) is 4.69. The largest absolute Gasteiger partial charge is 0.240 e. The average Bonchev–Trinajstić information content (AvgIpc) is 2.48. The molecule has 3 nitrogen and oxygen atoms in total. The normalized spacial score (nSPS) is 13.1. The Balaban J connectivity index is 2.09. The minimum absolute atomic E-state index is 0.0359. The van der Waals surface area contributed by atoms with E-state index in [0.717, 1.165) is 17.7 Å². The highest BCUT2D eigenvalue weighted by Crippen LogP contribution is 2.16. The van der Waals surface area contributed by atoms with Crippen LogP contribution in [0.25, 0.3) is 0 Å². The third-order valence-electron chi connectivity index (χ3n) is 3.15. The molecule has 2 rings (SSSR count). The van der Waals surface area contributed by atoms with Crippen LogP contribution >= 0.6 is 0 Å². The van der Waals surface area contributed by atoms with E-state index in [2.05, 4.69) is 4.72 Å². The third kappa shape index (κ3) is 3.86. The lowest BCUT2D eigenvalue weighted by Crippen LogP contribution is -2.27. The fourth-order valence-electron chi connectivity index (χ4n) is 1.86. The number of rotatable bonds is 5. The van der Waals surface area contributed by atoms with Crippen molar-refractivity contribution in [1.82, 2.24) is 4.72 Å². The van der Waals surface area contributed by atoms with Crippen LogP contribution in [0.4, 0.5) is 8.78 Å². The van der Waals surface area contributed by atoms with Gasteiger partial charge in [0.25, 0.3) is 0 Å². The Labute approximate surface area is 122 Å². The molecule has 1 N–H and O–H groups in total. The van der Waals surface area contributed by atoms with Crippen molar-refractivity contribution in [2.75, 3.05) is 6.54 Å². The van der Waals surface area contributed by atoms with Crippen LogP contribution in [0.3, 0.4) is 0 Å². The molecule has 0 aliphatic rings. The third-order valence-corrected chi connectivity index (χ3v) is 4.57. The van der Waals surface area contributed by atoms with Crippen molar-refractivity contribution in [2.24, 2.45) is 0 Å². The molecule has 0 saturated carbocycles. The summed E-state index contributed by atoms with van der Waals surface area (Å²) in [7, 11) is -3.86. The summed E-state index contributed by atoms with van der Waals surface area (Å²) in [5.74, 6) is -2.30. The van der Waals surface area contributed by atoms with Crippen LogP contribution in [-0.4, -0.2) is 15.0 Å². The van der Waals surface area contributed by atoms with Crippen molar-refractivity contribution >= 4 is 10.0 Å². The van der Waals surface area contributed by atoms with Crippen LogP contribution in [-0.2, 0) is 10.0 Å². The Morgan fingerprint density at radius 2 is 1.71 bits per heavy atom. The molecule has 2 aromatic carbocycles. The average molecular weight is 311 g/mol. The van der Waals surface area contributed by atoms with Gasteiger partial charge in [-0.3, -0.25) is 0 Å². The van der Waals surface area contributed by atoms with Gasteiger partial charge < -0.3 is 0 Å². The highest BCUT2D eigenvalue weighted by molar-refractivity contribution is 7.89. The highest BCUT2D eigenvalue weighted by Gasteiger charge is 2.17. The molecule has 6 heteroatoms. The molecule has 0 fully saturated rings. The first kappa shape index (κ1) is 15.6. The van der Waals surface area contributed by atoms with Crippen molar-refractivity contribution in [1.29, 1.82) is 0 Å². The van der Waals surface area contributed by atoms with Crippen LogP contribution in [0.2, 0.25) is 0 Å². The standard InChI is InChI=1S/C15H15F2NO2S/c1-11(12-5-3-2-4-6-12)10-18-21(19,20)13-7-8-14(16)15(17)9-13/h2-9,11,18H,10H2,1H3/t11-/m1/s1. The minimum Gasteiger partial charge on any atom is -0.211 e. The maximum atomic E-state index is 13.1. The van der Waals surface area contributed by atoms with Crippen LogP contribution in [0.15, 0.2) is 53.4 Å². The summed E-state index contributed by atoms with van der Waals surface area (Å²) in [5.41, 5.74) is 0.991. The molecular formula is C15H15F2NO2S. The van der Waals surface area contributed by atoms with Crippen molar-refractivity contribution in [3.05, 3.63) is 65.7 Å². The van der Waals surface area contributed by atoms with Crippen LogP contribution in [0.5, 0.6) is 0 Å². The fraction of sp³-hybridized carbons (Fsp3) is 0.200. The first-order valence-electron chi connectivity index (χ1n) is 6.40. The number of nitrogens with one attached hydrogen (secondary N) is 1. The first-order chi connectivity index (χ1) is 9.90. The van der Waals surface area contributed by atoms with Gasteiger partial charge in [0.05, 0.1) is 4.90 Å². The van der Waals surface area contributed by atoms with Gasteiger partial charge in [-0.1, -0.05) is 37.3 Å². The summed E-state index contributed by atoms with van der Waals surface area (Å²) in [6, 6.07) is 11.9. The van der Waals surface area contributed by atoms with Crippen molar-refractivity contribution in [3.8, 4) is 0 Å². The summed E-state index contributed by atoms with van der Waals surface area (Å²) in [4.78, 5) is -0.290. The topological polar surface area (TPSA) is 46.2 Å². The molecule has 21 heavy (non-hydrogen) atoms. The van der Waals surface area contributed by atoms with Gasteiger partial charge >= 0.3 is 0 Å². The van der Waals surface area contributed by atoms with E-state index in [1.54, 1.807) is 0 Å². The maximum absolute atomic E-state index is 13.1. The predicted octanol–water partition coefficient (Wildman–Crippen LogP) is 3.05. The molecule has 0 heterocycles. The Bertz CT molecular complexity index is 718. The minimum atomic E-state index is -3.86. The van der Waals surface area contributed by atoms with Crippen molar-refractivity contribution in [2.45, 2.75) is 17.7 Å². The molecule has 0 aliphatic heterocycles. The summed E-state index contributed by atoms with van der Waals surface area (Å²) in [5, 5.41) is 0. The van der Waals surface area contributed by atoms with E-state index >= 15 is 0 Å². The maximum Gasteiger partial charge on any atom is 0.240 e. The van der Waals surface area contributed by atoms with E-state index < -0.39 is 21.7 Å². The molecule has 0 radical (unpaired) electrons. The van der Waals surface area contributed by atoms with E-state index in [4.69, 9.17) is 0 Å². The number of benzene rings is 2. The molecule has 1 atom stereocenters. The van der Waals surface area contributed by atoms with Gasteiger partial charge in [0.2, 0.25) is 10.0 Å². The lowest BCUT2D eigenvalue weighted by atomic mass is 10.0. The highest BCUT2D eigenvalue weighted by atomic mass is 32.2. The van der Waals surface area contributed by atoms with Gasteiger partial charge in [0.15, 0.2) is 11.6 Å². The molecule has 0 aliphatic carbocycles. The van der Waals surface area contributed by atoms with Crippen LogP contribution in [0.1, 0.15) is 18.4 Å². The first-order valence-corrected chi connectivity index (χ1v) is 7.88. The molecule has 112 valence electrons. The van der Waals surface area contributed by atoms with Gasteiger partial charge in [-0.05, 0) is 29.7 Å². The van der Waals surface area contributed by atoms with Crippen molar-refractivity contribution in [3.63, 3.8) is 0 Å². The second-order valence-electron chi connectivity index (χ2n) is 4.74. The van der Waals surface area contributed by atoms with Crippen LogP contribution < -0.4 is 4.72 Å². The second kappa shape index (κ2) is 6.32. The summed E-state index contributed by atoms with van der Waals surface area (Å²) in [6.45, 7) is 2.05. The molecule has 0 spiro atoms. The molecule has 0 aromatic heterocycles. The van der Waals surface area contributed by atoms with Gasteiger partial charge in [-0.15, -0.1) is 0 Å². The van der Waals surface area contributed by atoms with Gasteiger partial charge in [0, 0.05) is 6.54 Å². The molecule has 0 saturated heterocycles. The Morgan fingerprint density at radius 3 is 2.33 bits per heavy atom. The van der Waals surface area contributed by atoms with E-state index in [9.17, 15) is 17.2 Å². The quantitative estimate of drug-likeness (QED) is 0.922. The van der Waals surface area contributed by atoms with E-state index in [0.29, 0.717) is 6.07 Å². The molecular weight excluding hydrogens is 296 g/mol. The smallest absolute Gasteiger partial charge is 0.211 e. The van der Waals surface area contributed by atoms with E-state index in [-0.39, 0.29) is 17.4 Å². The number of hydrogen-bond acceptors (Lipinski definition) is 2. The Hall–Kier alpha value is -1.79. The molecule has 2 aromatic rings. The monoisotopic (exact) mass is 311 g/mol.